The molecule has 3 rings (SSSR count). The highest BCUT2D eigenvalue weighted by molar-refractivity contribution is 5.86. The van der Waals surface area contributed by atoms with Gasteiger partial charge in [0.25, 0.3) is 0 Å². The lowest BCUT2D eigenvalue weighted by Gasteiger charge is -2.24. The maximum atomic E-state index is 13.6. The Kier molecular flexibility index (Phi) is 15.3. The SMILES string of the molecule is C=CCCC[C@H](Cc1ccccc1)C(=O)O[C@@H](CNC(=O)[C@@H](CC=C)CC(=O)N[C@H](CO)Cc1ccccc1)c1ccccc1. The first-order chi connectivity index (χ1) is 21.9. The summed E-state index contributed by atoms with van der Waals surface area (Å²) in [4.78, 5) is 39.8. The number of carbonyl (C=O) groups excluding carboxylic acids is 3. The number of hydrogen-bond acceptors (Lipinski definition) is 5. The number of aliphatic hydroxyl groups excluding tert-OH is 1. The minimum absolute atomic E-state index is 0.0574. The molecule has 0 fully saturated rings. The number of benzene rings is 3. The Bertz CT molecular complexity index is 1330. The van der Waals surface area contributed by atoms with Gasteiger partial charge < -0.3 is 20.5 Å². The molecule has 0 bridgehead atoms. The average Bonchev–Trinajstić information content (AvgIpc) is 3.06. The van der Waals surface area contributed by atoms with Crippen LogP contribution in [-0.2, 0) is 32.0 Å². The molecule has 45 heavy (non-hydrogen) atoms. The zero-order valence-corrected chi connectivity index (χ0v) is 26.0. The maximum absolute atomic E-state index is 13.6. The lowest BCUT2D eigenvalue weighted by Crippen LogP contribution is -2.42. The average molecular weight is 611 g/mol. The van der Waals surface area contributed by atoms with Crippen LogP contribution in [0.2, 0.25) is 0 Å². The number of hydrogen-bond donors (Lipinski definition) is 3. The number of amides is 2. The first kappa shape index (κ1) is 35.0. The zero-order valence-electron chi connectivity index (χ0n) is 26.0. The smallest absolute Gasteiger partial charge is 0.309 e. The Morgan fingerprint density at radius 1 is 0.800 bits per heavy atom. The van der Waals surface area contributed by atoms with Crippen molar-refractivity contribution in [1.29, 1.82) is 0 Å². The van der Waals surface area contributed by atoms with Crippen LogP contribution in [0, 0.1) is 11.8 Å². The fourth-order valence-corrected chi connectivity index (χ4v) is 5.23. The van der Waals surface area contributed by atoms with Gasteiger partial charge in [0.1, 0.15) is 6.10 Å². The molecule has 3 aromatic rings. The summed E-state index contributed by atoms with van der Waals surface area (Å²) in [5.41, 5.74) is 2.81. The molecule has 238 valence electrons. The molecular weight excluding hydrogens is 564 g/mol. The first-order valence-electron chi connectivity index (χ1n) is 15.7. The molecule has 0 unspecified atom stereocenters. The van der Waals surface area contributed by atoms with E-state index in [1.54, 1.807) is 6.08 Å². The Hall–Kier alpha value is -4.49. The van der Waals surface area contributed by atoms with E-state index in [9.17, 15) is 19.5 Å². The summed E-state index contributed by atoms with van der Waals surface area (Å²) in [6.45, 7) is 7.40. The molecule has 3 aromatic carbocycles. The topological polar surface area (TPSA) is 105 Å². The second-order valence-electron chi connectivity index (χ2n) is 11.2. The number of aliphatic hydroxyl groups is 1. The van der Waals surface area contributed by atoms with Crippen molar-refractivity contribution in [3.63, 3.8) is 0 Å². The molecular formula is C38H46N2O5. The molecule has 0 spiro atoms. The van der Waals surface area contributed by atoms with Crippen LogP contribution in [0.25, 0.3) is 0 Å². The van der Waals surface area contributed by atoms with E-state index in [0.29, 0.717) is 25.7 Å². The van der Waals surface area contributed by atoms with E-state index in [1.807, 2.05) is 97.1 Å². The number of rotatable bonds is 20. The van der Waals surface area contributed by atoms with Crippen LogP contribution in [0.5, 0.6) is 0 Å². The van der Waals surface area contributed by atoms with Gasteiger partial charge in [-0.3, -0.25) is 14.4 Å². The largest absolute Gasteiger partial charge is 0.455 e. The van der Waals surface area contributed by atoms with Crippen molar-refractivity contribution < 1.29 is 24.2 Å². The lowest BCUT2D eigenvalue weighted by molar-refractivity contribution is -0.155. The summed E-state index contributed by atoms with van der Waals surface area (Å²) in [5, 5.41) is 15.6. The highest BCUT2D eigenvalue weighted by atomic mass is 16.5. The molecule has 0 saturated carbocycles. The van der Waals surface area contributed by atoms with Crippen LogP contribution in [-0.4, -0.2) is 42.1 Å². The summed E-state index contributed by atoms with van der Waals surface area (Å²) < 4.78 is 6.09. The van der Waals surface area contributed by atoms with Crippen LogP contribution in [0.1, 0.15) is 54.9 Å². The second-order valence-corrected chi connectivity index (χ2v) is 11.2. The van der Waals surface area contributed by atoms with Gasteiger partial charge in [-0.05, 0) is 55.2 Å². The maximum Gasteiger partial charge on any atom is 0.309 e. The fraction of sp³-hybridized carbons (Fsp3) is 0.342. The third kappa shape index (κ3) is 12.6. The zero-order chi connectivity index (χ0) is 32.3. The molecule has 4 atom stereocenters. The van der Waals surface area contributed by atoms with Gasteiger partial charge >= 0.3 is 5.97 Å². The van der Waals surface area contributed by atoms with E-state index in [-0.39, 0.29) is 43.3 Å². The summed E-state index contributed by atoms with van der Waals surface area (Å²) in [6, 6.07) is 28.3. The Balaban J connectivity index is 1.66. The Labute approximate surface area is 267 Å². The normalized spacial score (nSPS) is 13.4. The van der Waals surface area contributed by atoms with E-state index < -0.39 is 18.1 Å². The number of unbranched alkanes of at least 4 members (excludes halogenated alkanes) is 1. The minimum atomic E-state index is -0.705. The van der Waals surface area contributed by atoms with Crippen LogP contribution < -0.4 is 10.6 Å². The summed E-state index contributed by atoms with van der Waals surface area (Å²) in [7, 11) is 0. The highest BCUT2D eigenvalue weighted by Gasteiger charge is 2.27. The predicted molar refractivity (Wildman–Crippen MR) is 178 cm³/mol. The van der Waals surface area contributed by atoms with E-state index in [4.69, 9.17) is 4.74 Å². The van der Waals surface area contributed by atoms with Gasteiger partial charge in [-0.15, -0.1) is 13.2 Å². The second kappa shape index (κ2) is 19.7. The van der Waals surface area contributed by atoms with Crippen molar-refractivity contribution in [3.8, 4) is 0 Å². The standard InChI is InChI=1S/C38H46N2O5/c1-3-5-9-23-33(24-29-17-10-6-11-18-29)38(44)45-35(31-21-14-8-15-22-31)27-39-37(43)32(16-4-2)26-36(42)40-34(28-41)25-30-19-12-7-13-20-30/h3-4,6-8,10-15,17-22,32-35,41H,1-2,5,9,16,23-28H2,(H,39,43)(H,40,42)/t32-,33+,34-,35-/m0/s1. The van der Waals surface area contributed by atoms with E-state index >= 15 is 0 Å². The summed E-state index contributed by atoms with van der Waals surface area (Å²) >= 11 is 0. The predicted octanol–water partition coefficient (Wildman–Crippen LogP) is 5.90. The van der Waals surface area contributed by atoms with Crippen molar-refractivity contribution in [2.75, 3.05) is 13.2 Å². The van der Waals surface area contributed by atoms with E-state index in [1.165, 1.54) is 0 Å². The Morgan fingerprint density at radius 3 is 1.98 bits per heavy atom. The molecule has 0 aliphatic heterocycles. The third-order valence-electron chi connectivity index (χ3n) is 7.67. The molecule has 0 aromatic heterocycles. The van der Waals surface area contributed by atoms with Gasteiger partial charge in [-0.25, -0.2) is 0 Å². The van der Waals surface area contributed by atoms with Gasteiger partial charge in [0, 0.05) is 6.42 Å². The lowest BCUT2D eigenvalue weighted by atomic mass is 9.94. The van der Waals surface area contributed by atoms with Gasteiger partial charge in [-0.2, -0.15) is 0 Å². The Morgan fingerprint density at radius 2 is 1.40 bits per heavy atom. The van der Waals surface area contributed by atoms with E-state index in [0.717, 1.165) is 29.5 Å². The van der Waals surface area contributed by atoms with Gasteiger partial charge in [0.05, 0.1) is 31.0 Å². The molecule has 7 heteroatoms. The van der Waals surface area contributed by atoms with Gasteiger partial charge in [-0.1, -0.05) is 103 Å². The summed E-state index contributed by atoms with van der Waals surface area (Å²) in [6.07, 6.45) is 6.28. The van der Waals surface area contributed by atoms with Gasteiger partial charge in [0.2, 0.25) is 11.8 Å². The molecule has 0 heterocycles. The molecule has 7 nitrogen and oxygen atoms in total. The summed E-state index contributed by atoms with van der Waals surface area (Å²) in [5.74, 6) is -2.00. The molecule has 2 amide bonds. The molecule has 0 aliphatic carbocycles. The quantitative estimate of drug-likeness (QED) is 0.0839. The number of nitrogens with one attached hydrogen (secondary N) is 2. The van der Waals surface area contributed by atoms with Crippen molar-refractivity contribution in [2.45, 2.75) is 57.1 Å². The number of allylic oxidation sites excluding steroid dienone is 2. The number of carbonyl (C=O) groups is 3. The fourth-order valence-electron chi connectivity index (χ4n) is 5.23. The highest BCUT2D eigenvalue weighted by Crippen LogP contribution is 2.23. The van der Waals surface area contributed by atoms with Crippen LogP contribution in [0.15, 0.2) is 116 Å². The third-order valence-corrected chi connectivity index (χ3v) is 7.67. The molecule has 0 aliphatic rings. The van der Waals surface area contributed by atoms with Gasteiger partial charge in [0.15, 0.2) is 0 Å². The minimum Gasteiger partial charge on any atom is -0.455 e. The number of esters is 1. The molecule has 3 N–H and O–H groups in total. The monoisotopic (exact) mass is 610 g/mol. The number of ether oxygens (including phenoxy) is 1. The van der Waals surface area contributed by atoms with E-state index in [2.05, 4.69) is 23.8 Å². The first-order valence-corrected chi connectivity index (χ1v) is 15.7. The van der Waals surface area contributed by atoms with Crippen molar-refractivity contribution in [2.24, 2.45) is 11.8 Å². The molecule has 0 radical (unpaired) electrons. The van der Waals surface area contributed by atoms with Crippen molar-refractivity contribution >= 4 is 17.8 Å². The van der Waals surface area contributed by atoms with Crippen LogP contribution in [0.3, 0.4) is 0 Å². The van der Waals surface area contributed by atoms with Crippen LogP contribution >= 0.6 is 0 Å². The van der Waals surface area contributed by atoms with Crippen molar-refractivity contribution in [3.05, 3.63) is 133 Å². The molecule has 0 saturated heterocycles. The van der Waals surface area contributed by atoms with Crippen LogP contribution in [0.4, 0.5) is 0 Å². The van der Waals surface area contributed by atoms with Crippen molar-refractivity contribution in [1.82, 2.24) is 10.6 Å².